The fraction of sp³-hybridized carbons (Fsp3) is 0.500. The SMILES string of the molecule is NC[C@H]1C[N+](c2ccc(N3CCOCC3)c(F)c2)=C(O)O1. The van der Waals surface area contributed by atoms with E-state index in [0.717, 1.165) is 0 Å². The molecule has 0 unspecified atom stereocenters. The van der Waals surface area contributed by atoms with Gasteiger partial charge in [-0.2, -0.15) is 0 Å². The number of aliphatic hydroxyl groups is 1. The van der Waals surface area contributed by atoms with Crippen LogP contribution in [0, 0.1) is 5.82 Å². The summed E-state index contributed by atoms with van der Waals surface area (Å²) in [5.41, 5.74) is 6.63. The van der Waals surface area contributed by atoms with Crippen molar-refractivity contribution in [2.75, 3.05) is 44.3 Å². The summed E-state index contributed by atoms with van der Waals surface area (Å²) in [6.07, 6.45) is -0.504. The molecule has 0 saturated carbocycles. The lowest BCUT2D eigenvalue weighted by Gasteiger charge is -2.29. The van der Waals surface area contributed by atoms with Gasteiger partial charge in [0.2, 0.25) is 5.69 Å². The molecule has 0 aromatic heterocycles. The zero-order valence-corrected chi connectivity index (χ0v) is 11.7. The molecule has 1 atom stereocenters. The van der Waals surface area contributed by atoms with Crippen LogP contribution in [-0.4, -0.2) is 61.3 Å². The summed E-state index contributed by atoms with van der Waals surface area (Å²) in [5.74, 6) is -0.321. The van der Waals surface area contributed by atoms with Gasteiger partial charge in [0.1, 0.15) is 0 Å². The molecule has 6 nitrogen and oxygen atoms in total. The predicted octanol–water partition coefficient (Wildman–Crippen LogP) is 0.578. The van der Waals surface area contributed by atoms with Crippen LogP contribution in [-0.2, 0) is 9.47 Å². The summed E-state index contributed by atoms with van der Waals surface area (Å²) in [7, 11) is 0. The topological polar surface area (TPSA) is 71.0 Å². The van der Waals surface area contributed by atoms with Gasteiger partial charge in [-0.05, 0) is 6.07 Å². The van der Waals surface area contributed by atoms with Crippen LogP contribution < -0.4 is 10.6 Å². The molecule has 2 aliphatic heterocycles. The lowest BCUT2D eigenvalue weighted by Crippen LogP contribution is -2.36. The van der Waals surface area contributed by atoms with E-state index < -0.39 is 0 Å². The smallest absolute Gasteiger partial charge is 0.430 e. The largest absolute Gasteiger partial charge is 0.553 e. The number of morpholine rings is 1. The molecule has 0 amide bonds. The van der Waals surface area contributed by atoms with E-state index in [1.54, 1.807) is 12.1 Å². The van der Waals surface area contributed by atoms with Gasteiger partial charge in [-0.3, -0.25) is 0 Å². The Bertz CT molecular complexity index is 558. The van der Waals surface area contributed by atoms with Crippen LogP contribution in [0.25, 0.3) is 0 Å². The molecule has 1 saturated heterocycles. The predicted molar refractivity (Wildman–Crippen MR) is 75.8 cm³/mol. The molecule has 1 aromatic rings. The number of nitrogens with zero attached hydrogens (tertiary/aromatic N) is 2. The Hall–Kier alpha value is -1.86. The van der Waals surface area contributed by atoms with E-state index in [9.17, 15) is 9.50 Å². The second-order valence-corrected chi connectivity index (χ2v) is 5.10. The molecule has 3 N–H and O–H groups in total. The summed E-state index contributed by atoms with van der Waals surface area (Å²) in [6, 6.07) is 4.90. The summed E-state index contributed by atoms with van der Waals surface area (Å²) in [6.45, 7) is 3.28. The molecule has 7 heteroatoms. The highest BCUT2D eigenvalue weighted by Crippen LogP contribution is 2.26. The van der Waals surface area contributed by atoms with Crippen LogP contribution in [0.2, 0.25) is 0 Å². The first-order valence-electron chi connectivity index (χ1n) is 7.01. The van der Waals surface area contributed by atoms with Crippen molar-refractivity contribution in [3.63, 3.8) is 0 Å². The molecule has 1 fully saturated rings. The van der Waals surface area contributed by atoms with Crippen molar-refractivity contribution in [1.29, 1.82) is 0 Å². The first-order chi connectivity index (χ1) is 10.2. The number of benzene rings is 1. The maximum Gasteiger partial charge on any atom is 0.553 e. The van der Waals surface area contributed by atoms with Crippen molar-refractivity contribution in [2.24, 2.45) is 5.73 Å². The third-order valence-corrected chi connectivity index (χ3v) is 3.75. The Labute approximate surface area is 122 Å². The fourth-order valence-electron chi connectivity index (χ4n) is 2.59. The van der Waals surface area contributed by atoms with Gasteiger partial charge in [0.05, 0.1) is 18.9 Å². The summed E-state index contributed by atoms with van der Waals surface area (Å²) in [4.78, 5) is 1.95. The van der Waals surface area contributed by atoms with E-state index in [4.69, 9.17) is 15.2 Å². The molecule has 21 heavy (non-hydrogen) atoms. The normalized spacial score (nSPS) is 22.6. The maximum absolute atomic E-state index is 14.3. The molecular weight excluding hydrogens is 277 g/mol. The molecule has 0 radical (unpaired) electrons. The number of halogens is 1. The molecule has 0 aliphatic carbocycles. The number of nitrogens with two attached hydrogens (primary N) is 1. The average Bonchev–Trinajstić information content (AvgIpc) is 2.89. The summed E-state index contributed by atoms with van der Waals surface area (Å²) in [5, 5.41) is 9.77. The minimum Gasteiger partial charge on any atom is -0.430 e. The van der Waals surface area contributed by atoms with Crippen LogP contribution in [0.5, 0.6) is 0 Å². The average molecular weight is 296 g/mol. The van der Waals surface area contributed by atoms with Gasteiger partial charge in [-0.15, -0.1) is 4.58 Å². The lowest BCUT2D eigenvalue weighted by molar-refractivity contribution is -0.441. The number of hydrogen-bond donors (Lipinski definition) is 2. The Morgan fingerprint density at radius 3 is 2.76 bits per heavy atom. The maximum atomic E-state index is 14.3. The van der Waals surface area contributed by atoms with Crippen LogP contribution in [0.15, 0.2) is 18.2 Å². The molecule has 1 aromatic carbocycles. The Morgan fingerprint density at radius 2 is 2.14 bits per heavy atom. The Balaban J connectivity index is 1.83. The van der Waals surface area contributed by atoms with E-state index in [-0.39, 0.29) is 18.0 Å². The van der Waals surface area contributed by atoms with Gasteiger partial charge in [0.25, 0.3) is 0 Å². The van der Waals surface area contributed by atoms with E-state index >= 15 is 0 Å². The van der Waals surface area contributed by atoms with Crippen molar-refractivity contribution < 1.29 is 23.5 Å². The molecule has 2 heterocycles. The number of rotatable bonds is 3. The minimum atomic E-state index is -0.321. The van der Waals surface area contributed by atoms with Gasteiger partial charge in [0, 0.05) is 31.8 Å². The molecule has 0 spiro atoms. The summed E-state index contributed by atoms with van der Waals surface area (Å²) >= 11 is 0. The highest BCUT2D eigenvalue weighted by atomic mass is 19.1. The molecule has 3 rings (SSSR count). The molecular formula is C14H19FN3O3+. The Morgan fingerprint density at radius 1 is 1.38 bits per heavy atom. The monoisotopic (exact) mass is 296 g/mol. The quantitative estimate of drug-likeness (QED) is 0.798. The number of hydrogen-bond acceptors (Lipinski definition) is 4. The van der Waals surface area contributed by atoms with Crippen LogP contribution in [0.4, 0.5) is 15.8 Å². The second kappa shape index (κ2) is 5.87. The van der Waals surface area contributed by atoms with Crippen molar-refractivity contribution in [1.82, 2.24) is 0 Å². The molecule has 114 valence electrons. The third kappa shape index (κ3) is 2.79. The minimum absolute atomic E-state index is 0.232. The molecule has 0 bridgehead atoms. The van der Waals surface area contributed by atoms with Crippen LogP contribution >= 0.6 is 0 Å². The fourth-order valence-corrected chi connectivity index (χ4v) is 2.59. The lowest BCUT2D eigenvalue weighted by atomic mass is 10.2. The van der Waals surface area contributed by atoms with E-state index in [1.807, 2.05) is 4.90 Å². The van der Waals surface area contributed by atoms with E-state index in [2.05, 4.69) is 0 Å². The standard InChI is InChI=1S/C14H18FN3O3/c15-12-7-10(18-9-11(8-16)21-14(18)19)1-2-13(12)17-3-5-20-6-4-17/h1-2,7,11H,3-6,8-9,16H2/p+1/t11-/m0/s1. The second-order valence-electron chi connectivity index (χ2n) is 5.10. The van der Waals surface area contributed by atoms with Crippen LogP contribution in [0.3, 0.4) is 0 Å². The van der Waals surface area contributed by atoms with Gasteiger partial charge in [0.15, 0.2) is 18.5 Å². The first-order valence-corrected chi connectivity index (χ1v) is 7.01. The van der Waals surface area contributed by atoms with Crippen molar-refractivity contribution in [3.8, 4) is 0 Å². The van der Waals surface area contributed by atoms with Crippen LogP contribution in [0.1, 0.15) is 0 Å². The van der Waals surface area contributed by atoms with Crippen molar-refractivity contribution >= 4 is 17.5 Å². The van der Waals surface area contributed by atoms with Gasteiger partial charge >= 0.3 is 6.08 Å². The molecule has 2 aliphatic rings. The van der Waals surface area contributed by atoms with Crippen molar-refractivity contribution in [2.45, 2.75) is 6.10 Å². The van der Waals surface area contributed by atoms with E-state index in [0.29, 0.717) is 50.8 Å². The number of aliphatic hydroxyl groups excluding tert-OH is 1. The number of ether oxygens (including phenoxy) is 2. The van der Waals surface area contributed by atoms with Gasteiger partial charge < -0.3 is 25.2 Å². The van der Waals surface area contributed by atoms with Crippen molar-refractivity contribution in [3.05, 3.63) is 24.0 Å². The Kier molecular flexibility index (Phi) is 3.94. The van der Waals surface area contributed by atoms with Gasteiger partial charge in [-0.1, -0.05) is 0 Å². The van der Waals surface area contributed by atoms with E-state index in [1.165, 1.54) is 10.6 Å². The first kappa shape index (κ1) is 14.1. The number of anilines is 1. The summed E-state index contributed by atoms with van der Waals surface area (Å²) < 4.78 is 26.3. The third-order valence-electron chi connectivity index (χ3n) is 3.75. The van der Waals surface area contributed by atoms with Gasteiger partial charge in [-0.25, -0.2) is 4.39 Å². The highest BCUT2D eigenvalue weighted by Gasteiger charge is 2.34. The zero-order chi connectivity index (χ0) is 14.8. The zero-order valence-electron chi connectivity index (χ0n) is 11.7. The highest BCUT2D eigenvalue weighted by molar-refractivity contribution is 5.63.